The molecule has 4 heteroatoms. The third-order valence-corrected chi connectivity index (χ3v) is 3.53. The molecular weight excluding hydrogens is 278 g/mol. The molecule has 0 aliphatic rings. The Labute approximate surface area is 131 Å². The van der Waals surface area contributed by atoms with Crippen LogP contribution in [0.2, 0.25) is 0 Å². The summed E-state index contributed by atoms with van der Waals surface area (Å²) in [5.41, 5.74) is 2.19. The van der Waals surface area contributed by atoms with E-state index in [9.17, 15) is 0 Å². The van der Waals surface area contributed by atoms with E-state index in [0.29, 0.717) is 13.2 Å². The maximum absolute atomic E-state index is 8.89. The quantitative estimate of drug-likeness (QED) is 0.787. The Morgan fingerprint density at radius 3 is 2.45 bits per heavy atom. The van der Waals surface area contributed by atoms with Crippen LogP contribution in [0.25, 0.3) is 0 Å². The lowest BCUT2D eigenvalue weighted by Gasteiger charge is -2.18. The molecule has 118 valence electrons. The van der Waals surface area contributed by atoms with Crippen molar-refractivity contribution in [2.75, 3.05) is 20.3 Å². The van der Waals surface area contributed by atoms with Crippen LogP contribution >= 0.6 is 0 Å². The highest BCUT2D eigenvalue weighted by Crippen LogP contribution is 2.25. The molecule has 0 radical (unpaired) electrons. The number of para-hydroxylation sites is 2. The normalized spacial score (nSPS) is 12.0. The van der Waals surface area contributed by atoms with Gasteiger partial charge < -0.3 is 19.9 Å². The molecular formula is C18H23NO3. The van der Waals surface area contributed by atoms with Gasteiger partial charge in [0, 0.05) is 23.7 Å². The van der Waals surface area contributed by atoms with Crippen LogP contribution in [0.4, 0.5) is 0 Å². The van der Waals surface area contributed by atoms with E-state index < -0.39 is 0 Å². The number of hydrogen-bond donors (Lipinski definition) is 2. The number of nitrogens with one attached hydrogen (secondary N) is 1. The molecule has 0 heterocycles. The van der Waals surface area contributed by atoms with Gasteiger partial charge in [0.25, 0.3) is 0 Å². The fraction of sp³-hybridized carbons (Fsp3) is 0.333. The predicted molar refractivity (Wildman–Crippen MR) is 87.3 cm³/mol. The number of benzene rings is 2. The zero-order valence-electron chi connectivity index (χ0n) is 13.1. The average Bonchev–Trinajstić information content (AvgIpc) is 2.58. The summed E-state index contributed by atoms with van der Waals surface area (Å²) in [7, 11) is 1.68. The predicted octanol–water partition coefficient (Wildman–Crippen LogP) is 2.92. The fourth-order valence-corrected chi connectivity index (χ4v) is 2.34. The maximum atomic E-state index is 8.89. The summed E-state index contributed by atoms with van der Waals surface area (Å²) in [5.74, 6) is 1.68. The minimum absolute atomic E-state index is 0.0133. The van der Waals surface area contributed by atoms with Crippen molar-refractivity contribution in [2.45, 2.75) is 19.5 Å². The van der Waals surface area contributed by atoms with Gasteiger partial charge in [0.15, 0.2) is 0 Å². The van der Waals surface area contributed by atoms with Gasteiger partial charge in [0.1, 0.15) is 18.1 Å². The monoisotopic (exact) mass is 301 g/mol. The Morgan fingerprint density at radius 2 is 1.73 bits per heavy atom. The minimum atomic E-state index is 0.0133. The van der Waals surface area contributed by atoms with Crippen molar-refractivity contribution in [3.05, 3.63) is 59.7 Å². The summed E-state index contributed by atoms with van der Waals surface area (Å²) in [4.78, 5) is 0. The highest BCUT2D eigenvalue weighted by Gasteiger charge is 2.11. The highest BCUT2D eigenvalue weighted by atomic mass is 16.5. The van der Waals surface area contributed by atoms with Crippen LogP contribution in [0, 0.1) is 0 Å². The van der Waals surface area contributed by atoms with Crippen LogP contribution in [-0.2, 0) is 6.54 Å². The van der Waals surface area contributed by atoms with Crippen molar-refractivity contribution in [3.63, 3.8) is 0 Å². The van der Waals surface area contributed by atoms with E-state index in [-0.39, 0.29) is 12.6 Å². The van der Waals surface area contributed by atoms with Crippen LogP contribution < -0.4 is 14.8 Å². The Kier molecular flexibility index (Phi) is 6.25. The van der Waals surface area contributed by atoms with E-state index >= 15 is 0 Å². The first-order valence-electron chi connectivity index (χ1n) is 7.44. The summed E-state index contributed by atoms with van der Waals surface area (Å²) in [6, 6.07) is 16.0. The lowest BCUT2D eigenvalue weighted by Crippen LogP contribution is -2.19. The number of ether oxygens (including phenoxy) is 2. The standard InChI is InChI=1S/C18H23NO3/c1-14(16-8-4-6-10-18(16)21-2)19-13-15-7-3-5-9-17(15)22-12-11-20/h3-10,14,19-20H,11-13H2,1-2H3. The third-order valence-electron chi connectivity index (χ3n) is 3.53. The highest BCUT2D eigenvalue weighted by molar-refractivity contribution is 5.36. The number of aliphatic hydroxyl groups is 1. The largest absolute Gasteiger partial charge is 0.496 e. The van der Waals surface area contributed by atoms with Crippen molar-refractivity contribution in [2.24, 2.45) is 0 Å². The summed E-state index contributed by atoms with van der Waals surface area (Å²) in [5, 5.41) is 12.4. The molecule has 0 aromatic heterocycles. The topological polar surface area (TPSA) is 50.7 Å². The van der Waals surface area contributed by atoms with E-state index in [1.165, 1.54) is 0 Å². The van der Waals surface area contributed by atoms with Crippen LogP contribution in [-0.4, -0.2) is 25.4 Å². The first-order chi connectivity index (χ1) is 10.8. The first kappa shape index (κ1) is 16.3. The molecule has 22 heavy (non-hydrogen) atoms. The number of hydrogen-bond acceptors (Lipinski definition) is 4. The molecule has 2 rings (SSSR count). The van der Waals surface area contributed by atoms with Gasteiger partial charge >= 0.3 is 0 Å². The van der Waals surface area contributed by atoms with Gasteiger partial charge in [-0.1, -0.05) is 36.4 Å². The molecule has 0 bridgehead atoms. The first-order valence-corrected chi connectivity index (χ1v) is 7.44. The van der Waals surface area contributed by atoms with Gasteiger partial charge in [-0.2, -0.15) is 0 Å². The molecule has 4 nitrogen and oxygen atoms in total. The molecule has 2 aromatic carbocycles. The molecule has 0 saturated heterocycles. The average molecular weight is 301 g/mol. The second-order valence-electron chi connectivity index (χ2n) is 5.02. The van der Waals surface area contributed by atoms with Gasteiger partial charge in [-0.3, -0.25) is 0 Å². The number of rotatable bonds is 8. The molecule has 0 spiro atoms. The Balaban J connectivity index is 2.03. The molecule has 0 fully saturated rings. The summed E-state index contributed by atoms with van der Waals surface area (Å²) in [6.45, 7) is 3.11. The third kappa shape index (κ3) is 4.23. The summed E-state index contributed by atoms with van der Waals surface area (Å²) in [6.07, 6.45) is 0. The van der Waals surface area contributed by atoms with Gasteiger partial charge in [0.05, 0.1) is 13.7 Å². The molecule has 1 atom stereocenters. The lowest BCUT2D eigenvalue weighted by molar-refractivity contribution is 0.200. The molecule has 2 N–H and O–H groups in total. The van der Waals surface area contributed by atoms with Gasteiger partial charge in [-0.25, -0.2) is 0 Å². The maximum Gasteiger partial charge on any atom is 0.123 e. The van der Waals surface area contributed by atoms with E-state index in [4.69, 9.17) is 14.6 Å². The number of methoxy groups -OCH3 is 1. The van der Waals surface area contributed by atoms with Crippen molar-refractivity contribution in [1.82, 2.24) is 5.32 Å². The van der Waals surface area contributed by atoms with Crippen molar-refractivity contribution in [3.8, 4) is 11.5 Å². The fourth-order valence-electron chi connectivity index (χ4n) is 2.34. The molecule has 0 amide bonds. The minimum Gasteiger partial charge on any atom is -0.496 e. The molecule has 0 aliphatic carbocycles. The molecule has 1 unspecified atom stereocenters. The molecule has 0 saturated carbocycles. The molecule has 2 aromatic rings. The van der Waals surface area contributed by atoms with E-state index in [1.54, 1.807) is 7.11 Å². The van der Waals surface area contributed by atoms with Crippen LogP contribution in [0.5, 0.6) is 11.5 Å². The van der Waals surface area contributed by atoms with Crippen molar-refractivity contribution >= 4 is 0 Å². The summed E-state index contributed by atoms with van der Waals surface area (Å²) >= 11 is 0. The zero-order valence-corrected chi connectivity index (χ0v) is 13.1. The second-order valence-corrected chi connectivity index (χ2v) is 5.02. The van der Waals surface area contributed by atoms with Crippen LogP contribution in [0.15, 0.2) is 48.5 Å². The van der Waals surface area contributed by atoms with Crippen molar-refractivity contribution < 1.29 is 14.6 Å². The van der Waals surface area contributed by atoms with Crippen molar-refractivity contribution in [1.29, 1.82) is 0 Å². The van der Waals surface area contributed by atoms with E-state index in [1.807, 2.05) is 42.5 Å². The van der Waals surface area contributed by atoms with E-state index in [2.05, 4.69) is 18.3 Å². The smallest absolute Gasteiger partial charge is 0.123 e. The van der Waals surface area contributed by atoms with Crippen LogP contribution in [0.1, 0.15) is 24.1 Å². The second kappa shape index (κ2) is 8.41. The van der Waals surface area contributed by atoms with Gasteiger partial charge in [-0.15, -0.1) is 0 Å². The Morgan fingerprint density at radius 1 is 1.05 bits per heavy atom. The van der Waals surface area contributed by atoms with Gasteiger partial charge in [0.2, 0.25) is 0 Å². The summed E-state index contributed by atoms with van der Waals surface area (Å²) < 4.78 is 11.0. The van der Waals surface area contributed by atoms with Crippen LogP contribution in [0.3, 0.4) is 0 Å². The number of aliphatic hydroxyl groups excluding tert-OH is 1. The Bertz CT molecular complexity index is 586. The van der Waals surface area contributed by atoms with E-state index in [0.717, 1.165) is 22.6 Å². The SMILES string of the molecule is COc1ccccc1C(C)NCc1ccccc1OCCO. The zero-order chi connectivity index (χ0) is 15.8. The Hall–Kier alpha value is -2.04. The molecule has 0 aliphatic heterocycles. The lowest BCUT2D eigenvalue weighted by atomic mass is 10.1. The van der Waals surface area contributed by atoms with Gasteiger partial charge in [-0.05, 0) is 19.1 Å².